The van der Waals surface area contributed by atoms with E-state index in [1.54, 1.807) is 0 Å². The van der Waals surface area contributed by atoms with Crippen molar-refractivity contribution < 1.29 is 0 Å². The molecule has 3 N–H and O–H groups in total. The molecule has 0 saturated heterocycles. The van der Waals surface area contributed by atoms with Crippen LogP contribution >= 0.6 is 0 Å². The fraction of sp³-hybridized carbons (Fsp3) is 0.375. The van der Waals surface area contributed by atoms with Crippen LogP contribution < -0.4 is 11.1 Å². The number of nitrogens with two attached hydrogens (primary N) is 1. The van der Waals surface area contributed by atoms with E-state index in [-0.39, 0.29) is 5.92 Å². The van der Waals surface area contributed by atoms with Crippen LogP contribution in [0, 0.1) is 13.8 Å². The first-order chi connectivity index (χ1) is 9.47. The van der Waals surface area contributed by atoms with Crippen molar-refractivity contribution in [3.05, 3.63) is 46.8 Å². The highest BCUT2D eigenvalue weighted by Crippen LogP contribution is 2.21. The molecule has 106 valence electrons. The summed E-state index contributed by atoms with van der Waals surface area (Å²) in [6, 6.07) is 8.45. The van der Waals surface area contributed by atoms with Gasteiger partial charge in [-0.2, -0.15) is 0 Å². The Morgan fingerprint density at radius 2 is 1.75 bits per heavy atom. The fourth-order valence-corrected chi connectivity index (χ4v) is 1.87. The predicted molar refractivity (Wildman–Crippen MR) is 83.8 cm³/mol. The van der Waals surface area contributed by atoms with Gasteiger partial charge in [0.25, 0.3) is 0 Å². The molecule has 0 aliphatic rings. The molecule has 0 bridgehead atoms. The summed E-state index contributed by atoms with van der Waals surface area (Å²) in [5.74, 6) is 2.41. The van der Waals surface area contributed by atoms with E-state index in [4.69, 9.17) is 5.73 Å². The molecule has 0 aliphatic carbocycles. The zero-order valence-corrected chi connectivity index (χ0v) is 12.6. The van der Waals surface area contributed by atoms with Gasteiger partial charge in [-0.05, 0) is 19.4 Å². The lowest BCUT2D eigenvalue weighted by molar-refractivity contribution is 0.774. The minimum Gasteiger partial charge on any atom is -0.383 e. The maximum absolute atomic E-state index is 5.96. The van der Waals surface area contributed by atoms with Crippen molar-refractivity contribution in [3.8, 4) is 0 Å². The second-order valence-corrected chi connectivity index (χ2v) is 5.43. The van der Waals surface area contributed by atoms with Crippen molar-refractivity contribution >= 4 is 11.6 Å². The molecule has 4 nitrogen and oxygen atoms in total. The van der Waals surface area contributed by atoms with Crippen molar-refractivity contribution in [2.75, 3.05) is 11.1 Å². The van der Waals surface area contributed by atoms with Gasteiger partial charge in [0.15, 0.2) is 0 Å². The molecule has 1 aromatic heterocycles. The zero-order valence-electron chi connectivity index (χ0n) is 12.6. The van der Waals surface area contributed by atoms with Crippen molar-refractivity contribution in [2.24, 2.45) is 0 Å². The lowest BCUT2D eigenvalue weighted by Gasteiger charge is -2.13. The molecule has 0 amide bonds. The number of nitrogens with one attached hydrogen (secondary N) is 1. The largest absolute Gasteiger partial charge is 0.383 e. The van der Waals surface area contributed by atoms with E-state index < -0.39 is 0 Å². The summed E-state index contributed by atoms with van der Waals surface area (Å²) in [6.07, 6.45) is 0. The lowest BCUT2D eigenvalue weighted by Crippen LogP contribution is -2.10. The first-order valence-electron chi connectivity index (χ1n) is 6.90. The van der Waals surface area contributed by atoms with E-state index in [0.29, 0.717) is 5.82 Å². The Morgan fingerprint density at radius 3 is 2.35 bits per heavy atom. The molecular weight excluding hydrogens is 248 g/mol. The number of hydrogen-bond donors (Lipinski definition) is 2. The van der Waals surface area contributed by atoms with E-state index in [9.17, 15) is 0 Å². The van der Waals surface area contributed by atoms with Gasteiger partial charge >= 0.3 is 0 Å². The van der Waals surface area contributed by atoms with Crippen LogP contribution in [-0.4, -0.2) is 9.97 Å². The Kier molecular flexibility index (Phi) is 4.23. The molecule has 0 saturated carbocycles. The van der Waals surface area contributed by atoms with E-state index in [0.717, 1.165) is 23.8 Å². The fourth-order valence-electron chi connectivity index (χ4n) is 1.87. The third-order valence-corrected chi connectivity index (χ3v) is 3.30. The number of hydrogen-bond acceptors (Lipinski definition) is 4. The second-order valence-electron chi connectivity index (χ2n) is 5.43. The van der Waals surface area contributed by atoms with E-state index in [2.05, 4.69) is 60.3 Å². The van der Waals surface area contributed by atoms with Crippen LogP contribution in [-0.2, 0) is 6.54 Å². The Bertz CT molecular complexity index is 588. The third-order valence-electron chi connectivity index (χ3n) is 3.30. The van der Waals surface area contributed by atoms with Gasteiger partial charge in [0.05, 0.1) is 0 Å². The SMILES string of the molecule is Cc1ccc(CNc2nc(C(C)C)nc(N)c2C)cc1. The van der Waals surface area contributed by atoms with Crippen molar-refractivity contribution in [1.29, 1.82) is 0 Å². The quantitative estimate of drug-likeness (QED) is 0.893. The van der Waals surface area contributed by atoms with Crippen LogP contribution in [0.3, 0.4) is 0 Å². The summed E-state index contributed by atoms with van der Waals surface area (Å²) in [6.45, 7) is 8.88. The van der Waals surface area contributed by atoms with Gasteiger partial charge < -0.3 is 11.1 Å². The highest BCUT2D eigenvalue weighted by Gasteiger charge is 2.10. The summed E-state index contributed by atoms with van der Waals surface area (Å²) in [7, 11) is 0. The summed E-state index contributed by atoms with van der Waals surface area (Å²) < 4.78 is 0. The summed E-state index contributed by atoms with van der Waals surface area (Å²) in [5.41, 5.74) is 9.34. The maximum atomic E-state index is 5.96. The van der Waals surface area contributed by atoms with Crippen molar-refractivity contribution in [1.82, 2.24) is 9.97 Å². The first kappa shape index (κ1) is 14.3. The Balaban J connectivity index is 2.18. The van der Waals surface area contributed by atoms with Crippen LogP contribution in [0.2, 0.25) is 0 Å². The van der Waals surface area contributed by atoms with E-state index >= 15 is 0 Å². The Hall–Kier alpha value is -2.10. The maximum Gasteiger partial charge on any atom is 0.135 e. The summed E-state index contributed by atoms with van der Waals surface area (Å²) >= 11 is 0. The molecule has 2 aromatic rings. The summed E-state index contributed by atoms with van der Waals surface area (Å²) in [4.78, 5) is 8.89. The van der Waals surface area contributed by atoms with Gasteiger partial charge in [0, 0.05) is 18.0 Å². The van der Waals surface area contributed by atoms with Gasteiger partial charge in [0.2, 0.25) is 0 Å². The van der Waals surface area contributed by atoms with Crippen molar-refractivity contribution in [3.63, 3.8) is 0 Å². The van der Waals surface area contributed by atoms with Gasteiger partial charge in [-0.3, -0.25) is 0 Å². The van der Waals surface area contributed by atoms with Crippen LogP contribution in [0.25, 0.3) is 0 Å². The van der Waals surface area contributed by atoms with Gasteiger partial charge in [-0.1, -0.05) is 43.7 Å². The highest BCUT2D eigenvalue weighted by atomic mass is 15.1. The molecule has 1 aromatic carbocycles. The van der Waals surface area contributed by atoms with Crippen LogP contribution in [0.15, 0.2) is 24.3 Å². The molecule has 2 rings (SSSR count). The molecule has 0 spiro atoms. The standard InChI is InChI=1S/C16H22N4/c1-10(2)15-19-14(17)12(4)16(20-15)18-9-13-7-5-11(3)6-8-13/h5-8,10H,9H2,1-4H3,(H3,17,18,19,20). The molecule has 1 heterocycles. The number of rotatable bonds is 4. The van der Waals surface area contributed by atoms with Crippen LogP contribution in [0.1, 0.15) is 42.3 Å². The average Bonchev–Trinajstić information content (AvgIpc) is 2.42. The van der Waals surface area contributed by atoms with Gasteiger partial charge in [-0.15, -0.1) is 0 Å². The molecule has 0 atom stereocenters. The molecule has 20 heavy (non-hydrogen) atoms. The number of anilines is 2. The number of aromatic nitrogens is 2. The zero-order chi connectivity index (χ0) is 14.7. The van der Waals surface area contributed by atoms with Crippen molar-refractivity contribution in [2.45, 2.75) is 40.2 Å². The van der Waals surface area contributed by atoms with E-state index in [1.165, 1.54) is 11.1 Å². The molecular formula is C16H22N4. The minimum absolute atomic E-state index is 0.262. The monoisotopic (exact) mass is 270 g/mol. The van der Waals surface area contributed by atoms with Crippen LogP contribution in [0.5, 0.6) is 0 Å². The number of aryl methyl sites for hydroxylation is 1. The number of nitrogen functional groups attached to an aromatic ring is 1. The molecule has 0 unspecified atom stereocenters. The van der Waals surface area contributed by atoms with E-state index in [1.807, 2.05) is 6.92 Å². The second kappa shape index (κ2) is 5.90. The topological polar surface area (TPSA) is 63.8 Å². The molecule has 0 aliphatic heterocycles. The van der Waals surface area contributed by atoms with Gasteiger partial charge in [0.1, 0.15) is 17.5 Å². The number of benzene rings is 1. The first-order valence-corrected chi connectivity index (χ1v) is 6.90. The van der Waals surface area contributed by atoms with Crippen LogP contribution in [0.4, 0.5) is 11.6 Å². The Labute approximate surface area is 120 Å². The smallest absolute Gasteiger partial charge is 0.135 e. The predicted octanol–water partition coefficient (Wildman–Crippen LogP) is 3.41. The molecule has 0 radical (unpaired) electrons. The number of nitrogens with zero attached hydrogens (tertiary/aromatic N) is 2. The van der Waals surface area contributed by atoms with Gasteiger partial charge in [-0.25, -0.2) is 9.97 Å². The highest BCUT2D eigenvalue weighted by molar-refractivity contribution is 5.55. The summed E-state index contributed by atoms with van der Waals surface area (Å²) in [5, 5.41) is 3.35. The normalized spacial score (nSPS) is 10.8. The minimum atomic E-state index is 0.262. The molecule has 0 fully saturated rings. The Morgan fingerprint density at radius 1 is 1.10 bits per heavy atom. The lowest BCUT2D eigenvalue weighted by atomic mass is 10.1. The average molecular weight is 270 g/mol. The third kappa shape index (κ3) is 3.26. The molecule has 4 heteroatoms.